The summed E-state index contributed by atoms with van der Waals surface area (Å²) in [7, 11) is -1.73. The van der Waals surface area contributed by atoms with Gasteiger partial charge >= 0.3 is 0 Å². The van der Waals surface area contributed by atoms with Gasteiger partial charge in [-0.05, 0) is 31.4 Å². The summed E-state index contributed by atoms with van der Waals surface area (Å²) in [6.45, 7) is 1.42. The third kappa shape index (κ3) is 4.31. The lowest BCUT2D eigenvalue weighted by Crippen LogP contribution is -2.56. The lowest BCUT2D eigenvalue weighted by Gasteiger charge is -2.41. The van der Waals surface area contributed by atoms with E-state index in [0.717, 1.165) is 6.26 Å². The minimum Gasteiger partial charge on any atom is -0.459 e. The number of nitrogens with zero attached hydrogens (tertiary/aromatic N) is 1. The Bertz CT molecular complexity index is 589. The number of methoxy groups -OCH3 is 1. The van der Waals surface area contributed by atoms with E-state index in [9.17, 15) is 13.2 Å². The molecule has 7 nitrogen and oxygen atoms in total. The maximum atomic E-state index is 12.2. The van der Waals surface area contributed by atoms with Crippen LogP contribution >= 0.6 is 0 Å². The van der Waals surface area contributed by atoms with Crippen molar-refractivity contribution in [2.24, 2.45) is 0 Å². The lowest BCUT2D eigenvalue weighted by molar-refractivity contribution is 0.0591. The Balaban J connectivity index is 2.04. The summed E-state index contributed by atoms with van der Waals surface area (Å²) < 4.78 is 36.2. The monoisotopic (exact) mass is 330 g/mol. The van der Waals surface area contributed by atoms with E-state index in [0.29, 0.717) is 44.7 Å². The van der Waals surface area contributed by atoms with Crippen LogP contribution in [0.25, 0.3) is 0 Å². The van der Waals surface area contributed by atoms with Gasteiger partial charge < -0.3 is 14.1 Å². The van der Waals surface area contributed by atoms with E-state index in [4.69, 9.17) is 9.15 Å². The van der Waals surface area contributed by atoms with Gasteiger partial charge in [0, 0.05) is 32.3 Å². The zero-order valence-corrected chi connectivity index (χ0v) is 13.7. The molecule has 1 aliphatic rings. The van der Waals surface area contributed by atoms with Crippen molar-refractivity contribution in [1.82, 2.24) is 9.62 Å². The molecule has 1 aromatic heterocycles. The number of sulfonamides is 1. The Labute approximate surface area is 130 Å². The molecule has 0 aliphatic carbocycles. The van der Waals surface area contributed by atoms with Crippen LogP contribution in [0.3, 0.4) is 0 Å². The highest BCUT2D eigenvalue weighted by Gasteiger charge is 2.38. The third-order valence-electron chi connectivity index (χ3n) is 3.93. The van der Waals surface area contributed by atoms with Gasteiger partial charge in [0.2, 0.25) is 10.0 Å². The molecule has 8 heteroatoms. The van der Waals surface area contributed by atoms with Crippen molar-refractivity contribution in [2.45, 2.75) is 24.8 Å². The zero-order chi connectivity index (χ0) is 16.2. The van der Waals surface area contributed by atoms with Gasteiger partial charge in [-0.15, -0.1) is 0 Å². The molecule has 124 valence electrons. The predicted molar refractivity (Wildman–Crippen MR) is 81.0 cm³/mol. The van der Waals surface area contributed by atoms with Crippen molar-refractivity contribution < 1.29 is 22.4 Å². The first-order valence-electron chi connectivity index (χ1n) is 7.16. The molecule has 0 atom stereocenters. The van der Waals surface area contributed by atoms with Crippen LogP contribution in [0.5, 0.6) is 0 Å². The molecule has 1 aliphatic heterocycles. The van der Waals surface area contributed by atoms with Crippen LogP contribution in [0.15, 0.2) is 22.8 Å². The number of hydrogen-bond donors (Lipinski definition) is 1. The van der Waals surface area contributed by atoms with Crippen molar-refractivity contribution in [3.05, 3.63) is 24.2 Å². The maximum Gasteiger partial charge on any atom is 0.289 e. The second-order valence-electron chi connectivity index (χ2n) is 5.67. The molecule has 0 radical (unpaired) electrons. The van der Waals surface area contributed by atoms with Crippen molar-refractivity contribution in [3.8, 4) is 0 Å². The van der Waals surface area contributed by atoms with E-state index in [1.165, 1.54) is 6.26 Å². The number of carbonyl (C=O) groups is 1. The predicted octanol–water partition coefficient (Wildman–Crippen LogP) is 0.840. The number of likely N-dealkylation sites (tertiary alicyclic amines) is 1. The van der Waals surface area contributed by atoms with Crippen molar-refractivity contribution in [3.63, 3.8) is 0 Å². The Morgan fingerprint density at radius 1 is 1.45 bits per heavy atom. The molecule has 0 unspecified atom stereocenters. The summed E-state index contributed by atoms with van der Waals surface area (Å²) in [6, 6.07) is 3.30. The van der Waals surface area contributed by atoms with Gasteiger partial charge in [0.05, 0.1) is 12.5 Å². The Morgan fingerprint density at radius 2 is 2.14 bits per heavy atom. The van der Waals surface area contributed by atoms with Gasteiger partial charge in [-0.2, -0.15) is 0 Å². The first-order chi connectivity index (χ1) is 10.4. The zero-order valence-electron chi connectivity index (χ0n) is 12.9. The molecule has 1 N–H and O–H groups in total. The molecule has 0 spiro atoms. The quantitative estimate of drug-likeness (QED) is 0.835. The van der Waals surface area contributed by atoms with E-state index in [2.05, 4.69) is 4.72 Å². The summed E-state index contributed by atoms with van der Waals surface area (Å²) in [5.41, 5.74) is -0.552. The number of hydrogen-bond acceptors (Lipinski definition) is 5. The Hall–Kier alpha value is -1.38. The molecule has 1 aromatic rings. The third-order valence-corrected chi connectivity index (χ3v) is 4.73. The second kappa shape index (κ2) is 6.80. The molecule has 0 saturated carbocycles. The topological polar surface area (TPSA) is 88.9 Å². The fourth-order valence-electron chi connectivity index (χ4n) is 2.79. The normalized spacial score (nSPS) is 18.4. The molecule has 1 amide bonds. The number of piperidine rings is 1. The lowest BCUT2D eigenvalue weighted by atomic mass is 9.85. The first kappa shape index (κ1) is 17.0. The molecule has 2 heterocycles. The molecule has 0 bridgehead atoms. The molecule has 0 aromatic carbocycles. The molecule has 1 fully saturated rings. The van der Waals surface area contributed by atoms with E-state index < -0.39 is 15.6 Å². The van der Waals surface area contributed by atoms with Crippen molar-refractivity contribution >= 4 is 15.9 Å². The average molecular weight is 330 g/mol. The van der Waals surface area contributed by atoms with Crippen LogP contribution in [-0.2, 0) is 14.8 Å². The molecular formula is C14H22N2O5S. The summed E-state index contributed by atoms with van der Waals surface area (Å²) in [6.07, 6.45) is 4.30. The summed E-state index contributed by atoms with van der Waals surface area (Å²) in [5, 5.41) is 0. The minimum absolute atomic E-state index is 0.162. The number of rotatable bonds is 6. The molecular weight excluding hydrogens is 308 g/mol. The number of ether oxygens (including phenoxy) is 1. The highest BCUT2D eigenvalue weighted by molar-refractivity contribution is 7.88. The summed E-state index contributed by atoms with van der Waals surface area (Å²) in [5.74, 6) is 0.144. The van der Waals surface area contributed by atoms with E-state index in [-0.39, 0.29) is 5.91 Å². The van der Waals surface area contributed by atoms with Crippen LogP contribution in [-0.4, -0.2) is 57.8 Å². The van der Waals surface area contributed by atoms with Crippen molar-refractivity contribution in [2.75, 3.05) is 33.1 Å². The van der Waals surface area contributed by atoms with Gasteiger partial charge in [0.25, 0.3) is 5.91 Å². The second-order valence-corrected chi connectivity index (χ2v) is 7.42. The van der Waals surface area contributed by atoms with Crippen LogP contribution < -0.4 is 4.72 Å². The number of amides is 1. The smallest absolute Gasteiger partial charge is 0.289 e. The largest absolute Gasteiger partial charge is 0.459 e. The van der Waals surface area contributed by atoms with Crippen LogP contribution in [0, 0.1) is 0 Å². The Morgan fingerprint density at radius 3 is 2.64 bits per heavy atom. The standard InChI is InChI=1S/C14H22N2O5S/c1-20-11-7-14(15-22(2,18)19)5-8-16(9-6-14)13(17)12-4-3-10-21-12/h3-4,10,15H,5-9,11H2,1-2H3. The average Bonchev–Trinajstić information content (AvgIpc) is 2.98. The van der Waals surface area contributed by atoms with Crippen LogP contribution in [0.2, 0.25) is 0 Å². The molecule has 1 saturated heterocycles. The highest BCUT2D eigenvalue weighted by Crippen LogP contribution is 2.27. The van der Waals surface area contributed by atoms with Gasteiger partial charge in [-0.1, -0.05) is 0 Å². The fourth-order valence-corrected chi connectivity index (χ4v) is 3.88. The first-order valence-corrected chi connectivity index (χ1v) is 9.05. The highest BCUT2D eigenvalue weighted by atomic mass is 32.2. The number of carbonyl (C=O) groups excluding carboxylic acids is 1. The van der Waals surface area contributed by atoms with E-state index >= 15 is 0 Å². The van der Waals surface area contributed by atoms with Crippen LogP contribution in [0.1, 0.15) is 29.8 Å². The molecule has 22 heavy (non-hydrogen) atoms. The van der Waals surface area contributed by atoms with E-state index in [1.807, 2.05) is 0 Å². The van der Waals surface area contributed by atoms with Gasteiger partial charge in [0.1, 0.15) is 0 Å². The SMILES string of the molecule is COCCC1(NS(C)(=O)=O)CCN(C(=O)c2ccco2)CC1. The van der Waals surface area contributed by atoms with Gasteiger partial charge in [-0.25, -0.2) is 13.1 Å². The van der Waals surface area contributed by atoms with Gasteiger partial charge in [0.15, 0.2) is 5.76 Å². The summed E-state index contributed by atoms with van der Waals surface area (Å²) >= 11 is 0. The molecule has 2 rings (SSSR count). The number of nitrogens with one attached hydrogen (secondary N) is 1. The van der Waals surface area contributed by atoms with Gasteiger partial charge in [-0.3, -0.25) is 4.79 Å². The summed E-state index contributed by atoms with van der Waals surface area (Å²) in [4.78, 5) is 13.9. The van der Waals surface area contributed by atoms with Crippen LogP contribution in [0.4, 0.5) is 0 Å². The maximum absolute atomic E-state index is 12.2. The van der Waals surface area contributed by atoms with E-state index in [1.54, 1.807) is 24.1 Å². The number of furan rings is 1. The Kier molecular flexibility index (Phi) is 5.25. The fraction of sp³-hybridized carbons (Fsp3) is 0.643. The van der Waals surface area contributed by atoms with Crippen molar-refractivity contribution in [1.29, 1.82) is 0 Å². The minimum atomic E-state index is -3.32.